The Morgan fingerprint density at radius 1 is 0.893 bits per heavy atom. The van der Waals surface area contributed by atoms with Crippen LogP contribution in [0.3, 0.4) is 0 Å². The molecule has 0 fully saturated rings. The zero-order valence-electron chi connectivity index (χ0n) is 18.0. The van der Waals surface area contributed by atoms with E-state index in [9.17, 15) is 0 Å². The molecule has 148 valence electrons. The summed E-state index contributed by atoms with van der Waals surface area (Å²) in [4.78, 5) is 1.30. The molecule has 0 N–H and O–H groups in total. The Morgan fingerprint density at radius 3 is 2.04 bits per heavy atom. The van der Waals surface area contributed by atoms with Crippen molar-refractivity contribution in [2.24, 2.45) is 5.92 Å². The van der Waals surface area contributed by atoms with Crippen LogP contribution in [0.4, 0.5) is 0 Å². The van der Waals surface area contributed by atoms with Gasteiger partial charge in [-0.2, -0.15) is 0 Å². The molecule has 1 aromatic heterocycles. The standard InChI is InChI=1S/C26H32OS/c1-17(2)14-24(25-8-7-13-28-25)27-23-15-19(5)26(20(6)16-23)22-11-9-21(10-12-22)18(3)4/h7-13,15-18,24H,14H2,1-6H3. The van der Waals surface area contributed by atoms with Gasteiger partial charge in [-0.25, -0.2) is 0 Å². The van der Waals surface area contributed by atoms with Gasteiger partial charge in [0.05, 0.1) is 0 Å². The largest absolute Gasteiger partial charge is 0.485 e. The minimum atomic E-state index is 0.120. The number of thiophene rings is 1. The molecule has 3 aromatic rings. The third kappa shape index (κ3) is 4.86. The molecule has 0 amide bonds. The fourth-order valence-corrected chi connectivity index (χ4v) is 4.54. The highest BCUT2D eigenvalue weighted by atomic mass is 32.1. The van der Waals surface area contributed by atoms with Crippen molar-refractivity contribution in [2.45, 2.75) is 60.0 Å². The SMILES string of the molecule is Cc1cc(OC(CC(C)C)c2cccs2)cc(C)c1-c1ccc(C(C)C)cc1. The van der Waals surface area contributed by atoms with Gasteiger partial charge >= 0.3 is 0 Å². The van der Waals surface area contributed by atoms with Crippen LogP contribution in [-0.2, 0) is 0 Å². The van der Waals surface area contributed by atoms with Gasteiger partial charge in [-0.15, -0.1) is 11.3 Å². The van der Waals surface area contributed by atoms with Crippen LogP contribution in [0.1, 0.15) is 67.7 Å². The number of ether oxygens (including phenoxy) is 1. The maximum atomic E-state index is 6.48. The van der Waals surface area contributed by atoms with Gasteiger partial charge in [-0.05, 0) is 83.5 Å². The van der Waals surface area contributed by atoms with Gasteiger partial charge in [-0.3, -0.25) is 0 Å². The predicted octanol–water partition coefficient (Wildman–Crippen LogP) is 8.32. The molecule has 0 saturated heterocycles. The summed E-state index contributed by atoms with van der Waals surface area (Å²) in [7, 11) is 0. The van der Waals surface area contributed by atoms with Gasteiger partial charge in [0, 0.05) is 4.88 Å². The highest BCUT2D eigenvalue weighted by Crippen LogP contribution is 2.35. The molecule has 1 nitrogen and oxygen atoms in total. The highest BCUT2D eigenvalue weighted by molar-refractivity contribution is 7.10. The Bertz CT molecular complexity index is 866. The van der Waals surface area contributed by atoms with Gasteiger partial charge in [0.25, 0.3) is 0 Å². The molecule has 0 aliphatic heterocycles. The van der Waals surface area contributed by atoms with Crippen molar-refractivity contribution >= 4 is 11.3 Å². The number of rotatable bonds is 7. The first-order chi connectivity index (χ1) is 13.3. The molecule has 0 spiro atoms. The third-order valence-corrected chi connectivity index (χ3v) is 6.16. The first-order valence-corrected chi connectivity index (χ1v) is 11.1. The van der Waals surface area contributed by atoms with Crippen molar-refractivity contribution in [2.75, 3.05) is 0 Å². The van der Waals surface area contributed by atoms with Crippen LogP contribution in [-0.4, -0.2) is 0 Å². The topological polar surface area (TPSA) is 9.23 Å². The van der Waals surface area contributed by atoms with Gasteiger partial charge in [0.2, 0.25) is 0 Å². The second kappa shape index (κ2) is 8.96. The van der Waals surface area contributed by atoms with Gasteiger partial charge in [0.15, 0.2) is 0 Å². The molecule has 3 rings (SSSR count). The zero-order chi connectivity index (χ0) is 20.3. The summed E-state index contributed by atoms with van der Waals surface area (Å²) in [6.07, 6.45) is 1.15. The maximum Gasteiger partial charge on any atom is 0.133 e. The predicted molar refractivity (Wildman–Crippen MR) is 123 cm³/mol. The molecular weight excluding hydrogens is 360 g/mol. The molecule has 0 bridgehead atoms. The summed E-state index contributed by atoms with van der Waals surface area (Å²) in [6.45, 7) is 13.4. The van der Waals surface area contributed by atoms with Crippen molar-refractivity contribution in [3.8, 4) is 16.9 Å². The number of hydrogen-bond donors (Lipinski definition) is 0. The van der Waals surface area contributed by atoms with E-state index in [0.717, 1.165) is 12.2 Å². The summed E-state index contributed by atoms with van der Waals surface area (Å²) in [5, 5.41) is 2.13. The van der Waals surface area contributed by atoms with Gasteiger partial charge in [-0.1, -0.05) is 58.0 Å². The normalized spacial score (nSPS) is 12.6. The Labute approximate surface area is 174 Å². The van der Waals surface area contributed by atoms with E-state index >= 15 is 0 Å². The molecule has 1 heterocycles. The van der Waals surface area contributed by atoms with Crippen LogP contribution >= 0.6 is 11.3 Å². The van der Waals surface area contributed by atoms with Crippen molar-refractivity contribution in [3.05, 3.63) is 75.5 Å². The molecule has 0 saturated carbocycles. The minimum Gasteiger partial charge on any atom is -0.485 e. The quantitative estimate of drug-likeness (QED) is 0.393. The number of benzene rings is 2. The van der Waals surface area contributed by atoms with Crippen LogP contribution in [0.5, 0.6) is 5.75 Å². The first-order valence-electron chi connectivity index (χ1n) is 10.3. The molecule has 0 radical (unpaired) electrons. The number of hydrogen-bond acceptors (Lipinski definition) is 2. The van der Waals surface area contributed by atoms with Crippen molar-refractivity contribution in [3.63, 3.8) is 0 Å². The van der Waals surface area contributed by atoms with Crippen LogP contribution in [0.2, 0.25) is 0 Å². The summed E-state index contributed by atoms with van der Waals surface area (Å²) in [5.74, 6) is 2.12. The minimum absolute atomic E-state index is 0.120. The Hall–Kier alpha value is -2.06. The molecular formula is C26H32OS. The zero-order valence-corrected chi connectivity index (χ0v) is 18.8. The molecule has 1 atom stereocenters. The van der Waals surface area contributed by atoms with Crippen molar-refractivity contribution in [1.82, 2.24) is 0 Å². The van der Waals surface area contributed by atoms with E-state index in [-0.39, 0.29) is 6.10 Å². The van der Waals surface area contributed by atoms with E-state index in [2.05, 4.69) is 95.5 Å². The van der Waals surface area contributed by atoms with E-state index < -0.39 is 0 Å². The van der Waals surface area contributed by atoms with Gasteiger partial charge < -0.3 is 4.74 Å². The van der Waals surface area contributed by atoms with E-state index in [1.807, 2.05) is 0 Å². The van der Waals surface area contributed by atoms with E-state index in [1.165, 1.54) is 32.7 Å². The molecule has 0 aliphatic rings. The number of aryl methyl sites for hydroxylation is 2. The summed E-state index contributed by atoms with van der Waals surface area (Å²) < 4.78 is 6.48. The Kier molecular flexibility index (Phi) is 6.61. The average Bonchev–Trinajstić information content (AvgIpc) is 3.15. The highest BCUT2D eigenvalue weighted by Gasteiger charge is 2.18. The lowest BCUT2D eigenvalue weighted by molar-refractivity contribution is 0.181. The molecule has 2 aromatic carbocycles. The maximum absolute atomic E-state index is 6.48. The smallest absolute Gasteiger partial charge is 0.133 e. The average molecular weight is 393 g/mol. The molecule has 0 aliphatic carbocycles. The molecule has 28 heavy (non-hydrogen) atoms. The third-order valence-electron chi connectivity index (χ3n) is 5.20. The van der Waals surface area contributed by atoms with Crippen molar-refractivity contribution < 1.29 is 4.74 Å². The second-order valence-corrected chi connectivity index (χ2v) is 9.44. The first kappa shape index (κ1) is 20.7. The second-order valence-electron chi connectivity index (χ2n) is 8.46. The lowest BCUT2D eigenvalue weighted by Gasteiger charge is -2.22. The van der Waals surface area contributed by atoms with E-state index in [1.54, 1.807) is 11.3 Å². The van der Waals surface area contributed by atoms with Crippen LogP contribution in [0.15, 0.2) is 53.9 Å². The fourth-order valence-electron chi connectivity index (χ4n) is 3.77. The van der Waals surface area contributed by atoms with E-state index in [0.29, 0.717) is 11.8 Å². The lowest BCUT2D eigenvalue weighted by atomic mass is 9.93. The van der Waals surface area contributed by atoms with Gasteiger partial charge in [0.1, 0.15) is 11.9 Å². The fraction of sp³-hybridized carbons (Fsp3) is 0.385. The van der Waals surface area contributed by atoms with Crippen LogP contribution in [0.25, 0.3) is 11.1 Å². The monoisotopic (exact) mass is 392 g/mol. The van der Waals surface area contributed by atoms with Crippen molar-refractivity contribution in [1.29, 1.82) is 0 Å². The Balaban J connectivity index is 1.88. The van der Waals surface area contributed by atoms with E-state index in [4.69, 9.17) is 4.74 Å². The lowest BCUT2D eigenvalue weighted by Crippen LogP contribution is -2.09. The summed E-state index contributed by atoms with van der Waals surface area (Å²) in [6, 6.07) is 17.7. The molecule has 2 heteroatoms. The van der Waals surface area contributed by atoms with Crippen LogP contribution < -0.4 is 4.74 Å². The Morgan fingerprint density at radius 2 is 1.54 bits per heavy atom. The van der Waals surface area contributed by atoms with Crippen LogP contribution in [0, 0.1) is 19.8 Å². The molecule has 1 unspecified atom stereocenters. The summed E-state index contributed by atoms with van der Waals surface area (Å²) in [5.41, 5.74) is 6.51. The summed E-state index contributed by atoms with van der Waals surface area (Å²) >= 11 is 1.78.